The Bertz CT molecular complexity index is 1250. The van der Waals surface area contributed by atoms with Gasteiger partial charge in [0, 0.05) is 11.3 Å². The molecule has 8 heteroatoms. The molecule has 0 radical (unpaired) electrons. The SMILES string of the molecule is Cc1ccc(C(=O)N/C(=C\c2ccc3c(c2)OCO3)C(=O)Nc2ccc(C(=O)O)cc2)cc1. The molecule has 0 atom stereocenters. The standard InChI is InChI=1S/C25H20N2O6/c1-15-2-5-17(6-3-15)23(28)27-20(12-16-4-11-21-22(13-16)33-14-32-21)24(29)26-19-9-7-18(8-10-19)25(30)31/h2-13H,14H2,1H3,(H,26,29)(H,27,28)(H,30,31)/b20-12-. The molecule has 1 aliphatic heterocycles. The molecule has 0 fully saturated rings. The van der Waals surface area contributed by atoms with E-state index in [1.807, 2.05) is 6.92 Å². The van der Waals surface area contributed by atoms with Crippen LogP contribution in [0, 0.1) is 6.92 Å². The average Bonchev–Trinajstić information content (AvgIpc) is 3.27. The van der Waals surface area contributed by atoms with Gasteiger partial charge in [-0.05, 0) is 67.1 Å². The molecule has 0 aromatic heterocycles. The lowest BCUT2D eigenvalue weighted by molar-refractivity contribution is -0.113. The van der Waals surface area contributed by atoms with E-state index in [4.69, 9.17) is 14.6 Å². The first-order valence-electron chi connectivity index (χ1n) is 10.0. The maximum atomic E-state index is 13.0. The van der Waals surface area contributed by atoms with E-state index < -0.39 is 17.8 Å². The molecule has 1 aliphatic rings. The highest BCUT2D eigenvalue weighted by atomic mass is 16.7. The van der Waals surface area contributed by atoms with Gasteiger partial charge in [0.25, 0.3) is 11.8 Å². The summed E-state index contributed by atoms with van der Waals surface area (Å²) in [5, 5.41) is 14.4. The molecule has 3 N–H and O–H groups in total. The summed E-state index contributed by atoms with van der Waals surface area (Å²) in [4.78, 5) is 36.8. The van der Waals surface area contributed by atoms with Crippen LogP contribution in [0.2, 0.25) is 0 Å². The quantitative estimate of drug-likeness (QED) is 0.498. The predicted molar refractivity (Wildman–Crippen MR) is 121 cm³/mol. The Morgan fingerprint density at radius 3 is 2.24 bits per heavy atom. The second-order valence-electron chi connectivity index (χ2n) is 7.33. The van der Waals surface area contributed by atoms with Gasteiger partial charge in [0.15, 0.2) is 11.5 Å². The Morgan fingerprint density at radius 1 is 0.879 bits per heavy atom. The number of carbonyl (C=O) groups excluding carboxylic acids is 2. The number of nitrogens with one attached hydrogen (secondary N) is 2. The molecule has 3 aromatic rings. The minimum absolute atomic E-state index is 0.00162. The number of anilines is 1. The van der Waals surface area contributed by atoms with Crippen molar-refractivity contribution in [2.24, 2.45) is 0 Å². The van der Waals surface area contributed by atoms with Crippen LogP contribution in [0.15, 0.2) is 72.4 Å². The Hall–Kier alpha value is -4.59. The highest BCUT2D eigenvalue weighted by Crippen LogP contribution is 2.33. The number of aromatic carboxylic acids is 1. The van der Waals surface area contributed by atoms with Crippen LogP contribution in [0.1, 0.15) is 31.8 Å². The van der Waals surface area contributed by atoms with Crippen molar-refractivity contribution in [1.29, 1.82) is 0 Å². The lowest BCUT2D eigenvalue weighted by Crippen LogP contribution is -2.30. The van der Waals surface area contributed by atoms with Crippen molar-refractivity contribution in [3.63, 3.8) is 0 Å². The van der Waals surface area contributed by atoms with Gasteiger partial charge in [0.05, 0.1) is 5.56 Å². The number of benzene rings is 3. The summed E-state index contributed by atoms with van der Waals surface area (Å²) in [6.45, 7) is 2.03. The maximum Gasteiger partial charge on any atom is 0.335 e. The van der Waals surface area contributed by atoms with E-state index in [1.165, 1.54) is 30.3 Å². The second-order valence-corrected chi connectivity index (χ2v) is 7.33. The van der Waals surface area contributed by atoms with Gasteiger partial charge >= 0.3 is 5.97 Å². The highest BCUT2D eigenvalue weighted by molar-refractivity contribution is 6.10. The van der Waals surface area contributed by atoms with Crippen LogP contribution in [0.3, 0.4) is 0 Å². The fourth-order valence-electron chi connectivity index (χ4n) is 3.12. The predicted octanol–water partition coefficient (Wildman–Crippen LogP) is 3.83. The fraction of sp³-hybridized carbons (Fsp3) is 0.0800. The van der Waals surface area contributed by atoms with Crippen LogP contribution in [-0.4, -0.2) is 29.7 Å². The number of carboxylic acids is 1. The van der Waals surface area contributed by atoms with Gasteiger partial charge in [0.1, 0.15) is 5.70 Å². The molecule has 33 heavy (non-hydrogen) atoms. The van der Waals surface area contributed by atoms with Gasteiger partial charge < -0.3 is 25.2 Å². The van der Waals surface area contributed by atoms with Gasteiger partial charge in [-0.1, -0.05) is 23.8 Å². The molecule has 1 heterocycles. The van der Waals surface area contributed by atoms with Gasteiger partial charge in [0.2, 0.25) is 6.79 Å². The van der Waals surface area contributed by atoms with Crippen LogP contribution >= 0.6 is 0 Å². The van der Waals surface area contributed by atoms with Crippen LogP contribution in [-0.2, 0) is 4.79 Å². The summed E-state index contributed by atoms with van der Waals surface area (Å²) in [6, 6.07) is 17.8. The second kappa shape index (κ2) is 9.27. The van der Waals surface area contributed by atoms with Gasteiger partial charge in [-0.15, -0.1) is 0 Å². The molecule has 0 bridgehead atoms. The third-order valence-electron chi connectivity index (χ3n) is 4.90. The Balaban J connectivity index is 1.61. The van der Waals surface area contributed by atoms with E-state index in [9.17, 15) is 14.4 Å². The number of amides is 2. The van der Waals surface area contributed by atoms with Crippen LogP contribution in [0.25, 0.3) is 6.08 Å². The van der Waals surface area contributed by atoms with Crippen molar-refractivity contribution in [2.75, 3.05) is 12.1 Å². The van der Waals surface area contributed by atoms with Gasteiger partial charge in [-0.3, -0.25) is 9.59 Å². The van der Waals surface area contributed by atoms with E-state index in [1.54, 1.807) is 42.5 Å². The van der Waals surface area contributed by atoms with E-state index in [2.05, 4.69) is 10.6 Å². The first-order chi connectivity index (χ1) is 15.9. The molecule has 0 unspecified atom stereocenters. The first kappa shape index (κ1) is 21.6. The smallest absolute Gasteiger partial charge is 0.335 e. The molecule has 0 spiro atoms. The van der Waals surface area contributed by atoms with Crippen molar-refractivity contribution in [3.05, 3.63) is 94.7 Å². The summed E-state index contributed by atoms with van der Waals surface area (Å²) in [5.74, 6) is -0.950. The molecule has 2 amide bonds. The molecule has 0 saturated heterocycles. The fourth-order valence-corrected chi connectivity index (χ4v) is 3.12. The highest BCUT2D eigenvalue weighted by Gasteiger charge is 2.17. The zero-order chi connectivity index (χ0) is 23.4. The third kappa shape index (κ3) is 5.19. The van der Waals surface area contributed by atoms with Crippen LogP contribution < -0.4 is 20.1 Å². The molecular formula is C25H20N2O6. The van der Waals surface area contributed by atoms with Crippen molar-refractivity contribution in [1.82, 2.24) is 5.32 Å². The lowest BCUT2D eigenvalue weighted by Gasteiger charge is -2.12. The number of fused-ring (bicyclic) bond motifs is 1. The molecule has 0 aliphatic carbocycles. The Kier molecular flexibility index (Phi) is 6.08. The largest absolute Gasteiger partial charge is 0.478 e. The summed E-state index contributed by atoms with van der Waals surface area (Å²) >= 11 is 0. The zero-order valence-electron chi connectivity index (χ0n) is 17.6. The molecule has 4 rings (SSSR count). The average molecular weight is 444 g/mol. The third-order valence-corrected chi connectivity index (χ3v) is 4.90. The monoisotopic (exact) mass is 444 g/mol. The van der Waals surface area contributed by atoms with E-state index in [-0.39, 0.29) is 18.1 Å². The zero-order valence-corrected chi connectivity index (χ0v) is 17.6. The van der Waals surface area contributed by atoms with Gasteiger partial charge in [-0.2, -0.15) is 0 Å². The summed E-state index contributed by atoms with van der Waals surface area (Å²) in [5.41, 5.74) is 2.50. The van der Waals surface area contributed by atoms with Gasteiger partial charge in [-0.25, -0.2) is 4.79 Å². The number of carboxylic acid groups (broad SMARTS) is 1. The van der Waals surface area contributed by atoms with Crippen LogP contribution in [0.4, 0.5) is 5.69 Å². The number of hydrogen-bond acceptors (Lipinski definition) is 5. The van der Waals surface area contributed by atoms with Crippen molar-refractivity contribution < 1.29 is 29.0 Å². The molecule has 3 aromatic carbocycles. The Labute approximate surface area is 189 Å². The molecule has 0 saturated carbocycles. The number of hydrogen-bond donors (Lipinski definition) is 3. The molecule has 8 nitrogen and oxygen atoms in total. The van der Waals surface area contributed by atoms with Crippen LogP contribution in [0.5, 0.6) is 11.5 Å². The topological polar surface area (TPSA) is 114 Å². The lowest BCUT2D eigenvalue weighted by atomic mass is 10.1. The summed E-state index contributed by atoms with van der Waals surface area (Å²) in [7, 11) is 0. The minimum atomic E-state index is -1.07. The van der Waals surface area contributed by atoms with Crippen molar-refractivity contribution in [2.45, 2.75) is 6.92 Å². The van der Waals surface area contributed by atoms with Crippen molar-refractivity contribution >= 4 is 29.5 Å². The molecular weight excluding hydrogens is 424 g/mol. The summed E-state index contributed by atoms with van der Waals surface area (Å²) < 4.78 is 10.7. The maximum absolute atomic E-state index is 13.0. The number of ether oxygens (including phenoxy) is 2. The first-order valence-corrected chi connectivity index (χ1v) is 10.0. The van der Waals surface area contributed by atoms with E-state index >= 15 is 0 Å². The normalized spacial score (nSPS) is 12.2. The van der Waals surface area contributed by atoms with Crippen molar-refractivity contribution in [3.8, 4) is 11.5 Å². The number of rotatable bonds is 6. The minimum Gasteiger partial charge on any atom is -0.478 e. The number of aryl methyl sites for hydroxylation is 1. The Morgan fingerprint density at radius 2 is 1.55 bits per heavy atom. The number of carbonyl (C=O) groups is 3. The summed E-state index contributed by atoms with van der Waals surface area (Å²) in [6.07, 6.45) is 1.52. The molecule has 166 valence electrons. The van der Waals surface area contributed by atoms with E-state index in [0.717, 1.165) is 5.56 Å². The van der Waals surface area contributed by atoms with E-state index in [0.29, 0.717) is 28.3 Å².